The van der Waals surface area contributed by atoms with Gasteiger partial charge in [-0.25, -0.2) is 0 Å². The monoisotopic (exact) mass is 273 g/mol. The number of para-hydroxylation sites is 1. The second kappa shape index (κ2) is 7.94. The Kier molecular flexibility index (Phi) is 6.23. The van der Waals surface area contributed by atoms with Gasteiger partial charge < -0.3 is 4.74 Å². The lowest BCUT2D eigenvalue weighted by atomic mass is 10.2. The molecule has 106 valence electrons. The third-order valence-corrected chi connectivity index (χ3v) is 2.60. The smallest absolute Gasteiger partial charge is 0.276 e. The number of aryl methyl sites for hydroxylation is 1. The van der Waals surface area contributed by atoms with E-state index in [1.54, 1.807) is 18.2 Å². The van der Waals surface area contributed by atoms with E-state index in [4.69, 9.17) is 4.74 Å². The lowest BCUT2D eigenvalue weighted by Gasteiger charge is -2.06. The summed E-state index contributed by atoms with van der Waals surface area (Å²) in [5.41, 5.74) is 1.81. The van der Waals surface area contributed by atoms with Crippen LogP contribution in [0.4, 0.5) is 5.69 Å². The van der Waals surface area contributed by atoms with E-state index in [1.165, 1.54) is 6.07 Å². The summed E-state index contributed by atoms with van der Waals surface area (Å²) in [6.07, 6.45) is 0. The Bertz CT molecular complexity index is 550. The van der Waals surface area contributed by atoms with E-state index in [2.05, 4.69) is 0 Å². The Hall–Kier alpha value is -2.36. The molecule has 4 heteroatoms. The van der Waals surface area contributed by atoms with Gasteiger partial charge in [0.25, 0.3) is 5.69 Å². The normalized spacial score (nSPS) is 9.35. The molecule has 0 aliphatic rings. The van der Waals surface area contributed by atoms with E-state index in [9.17, 15) is 10.1 Å². The molecule has 0 unspecified atom stereocenters. The predicted octanol–water partition coefficient (Wildman–Crippen LogP) is 4.51. The highest BCUT2D eigenvalue weighted by molar-refractivity contribution is 5.39. The number of hydrogen-bond donors (Lipinski definition) is 0. The summed E-state index contributed by atoms with van der Waals surface area (Å²) < 4.78 is 5.53. The molecule has 0 spiro atoms. The molecule has 0 aliphatic carbocycles. The van der Waals surface area contributed by atoms with Crippen LogP contribution in [0.25, 0.3) is 0 Å². The fraction of sp³-hybridized carbons (Fsp3) is 0.250. The molecule has 2 aromatic rings. The molecule has 0 saturated heterocycles. The van der Waals surface area contributed by atoms with Crippen LogP contribution in [0.3, 0.4) is 0 Å². The lowest BCUT2D eigenvalue weighted by Crippen LogP contribution is -2.00. The van der Waals surface area contributed by atoms with Crippen LogP contribution in [0, 0.1) is 17.0 Å². The number of nitrogens with zero attached hydrogens (tertiary/aromatic N) is 1. The van der Waals surface area contributed by atoms with Gasteiger partial charge in [0.2, 0.25) is 0 Å². The minimum atomic E-state index is -0.395. The predicted molar refractivity (Wildman–Crippen MR) is 80.0 cm³/mol. The van der Waals surface area contributed by atoms with Crippen molar-refractivity contribution < 1.29 is 9.66 Å². The second-order valence-corrected chi connectivity index (χ2v) is 3.99. The van der Waals surface area contributed by atoms with Gasteiger partial charge >= 0.3 is 0 Å². The summed E-state index contributed by atoms with van der Waals surface area (Å²) in [4.78, 5) is 10.4. The highest BCUT2D eigenvalue weighted by atomic mass is 16.6. The highest BCUT2D eigenvalue weighted by Gasteiger charge is 2.12. The van der Waals surface area contributed by atoms with Crippen molar-refractivity contribution in [1.82, 2.24) is 0 Å². The Balaban J connectivity index is 0.000000956. The number of benzene rings is 2. The fourth-order valence-electron chi connectivity index (χ4n) is 1.61. The van der Waals surface area contributed by atoms with Crippen LogP contribution in [0.5, 0.6) is 5.75 Å². The molecular weight excluding hydrogens is 254 g/mol. The standard InChI is InChI=1S/C14H13NO3.C2H6/c1-11-6-8-13(9-7-11)18-10-12-4-2-3-5-14(12)15(16)17;1-2/h2-9H,10H2,1H3;1-2H3. The van der Waals surface area contributed by atoms with E-state index in [0.29, 0.717) is 11.3 Å². The van der Waals surface area contributed by atoms with Crippen LogP contribution in [0.15, 0.2) is 48.5 Å². The fourth-order valence-corrected chi connectivity index (χ4v) is 1.61. The quantitative estimate of drug-likeness (QED) is 0.608. The summed E-state index contributed by atoms with van der Waals surface area (Å²) in [6, 6.07) is 14.2. The molecule has 0 amide bonds. The minimum absolute atomic E-state index is 0.0876. The molecule has 0 fully saturated rings. The van der Waals surface area contributed by atoms with Crippen molar-refractivity contribution in [2.75, 3.05) is 0 Å². The van der Waals surface area contributed by atoms with Crippen LogP contribution in [0.1, 0.15) is 25.0 Å². The number of nitro groups is 1. The Morgan fingerprint density at radius 2 is 1.65 bits per heavy atom. The van der Waals surface area contributed by atoms with Crippen molar-refractivity contribution in [2.24, 2.45) is 0 Å². The molecule has 0 aromatic heterocycles. The van der Waals surface area contributed by atoms with Crippen molar-refractivity contribution >= 4 is 5.69 Å². The number of rotatable bonds is 4. The van der Waals surface area contributed by atoms with E-state index in [1.807, 2.05) is 45.0 Å². The average Bonchev–Trinajstić information content (AvgIpc) is 2.49. The Morgan fingerprint density at radius 3 is 2.25 bits per heavy atom. The zero-order valence-corrected chi connectivity index (χ0v) is 12.0. The topological polar surface area (TPSA) is 52.4 Å². The largest absolute Gasteiger partial charge is 0.489 e. The van der Waals surface area contributed by atoms with E-state index in [-0.39, 0.29) is 12.3 Å². The molecule has 0 radical (unpaired) electrons. The molecule has 2 rings (SSSR count). The summed E-state index contributed by atoms with van der Waals surface area (Å²) in [5.74, 6) is 0.707. The van der Waals surface area contributed by atoms with Crippen molar-refractivity contribution in [1.29, 1.82) is 0 Å². The first-order chi connectivity index (χ1) is 9.66. The van der Waals surface area contributed by atoms with E-state index >= 15 is 0 Å². The van der Waals surface area contributed by atoms with Gasteiger partial charge in [0.05, 0.1) is 10.5 Å². The molecular formula is C16H19NO3. The molecule has 0 saturated carbocycles. The highest BCUT2D eigenvalue weighted by Crippen LogP contribution is 2.20. The van der Waals surface area contributed by atoms with E-state index < -0.39 is 4.92 Å². The van der Waals surface area contributed by atoms with Gasteiger partial charge in [-0.3, -0.25) is 10.1 Å². The van der Waals surface area contributed by atoms with Gasteiger partial charge in [-0.05, 0) is 25.1 Å². The molecule has 0 N–H and O–H groups in total. The van der Waals surface area contributed by atoms with Crippen molar-refractivity contribution in [3.8, 4) is 5.75 Å². The molecule has 2 aromatic carbocycles. The first kappa shape index (κ1) is 15.7. The summed E-state index contributed by atoms with van der Waals surface area (Å²) in [7, 11) is 0. The molecule has 0 heterocycles. The summed E-state index contributed by atoms with van der Waals surface area (Å²) in [5, 5.41) is 10.8. The zero-order chi connectivity index (χ0) is 15.0. The van der Waals surface area contributed by atoms with Gasteiger partial charge in [0.1, 0.15) is 12.4 Å². The molecule has 4 nitrogen and oxygen atoms in total. The Labute approximate surface area is 119 Å². The number of ether oxygens (including phenoxy) is 1. The lowest BCUT2D eigenvalue weighted by molar-refractivity contribution is -0.385. The third kappa shape index (κ3) is 4.39. The van der Waals surface area contributed by atoms with Crippen molar-refractivity contribution in [3.05, 3.63) is 69.8 Å². The van der Waals surface area contributed by atoms with Gasteiger partial charge in [-0.2, -0.15) is 0 Å². The van der Waals surface area contributed by atoms with Crippen LogP contribution in [0.2, 0.25) is 0 Å². The molecule has 20 heavy (non-hydrogen) atoms. The summed E-state index contributed by atoms with van der Waals surface area (Å²) >= 11 is 0. The molecule has 0 aliphatic heterocycles. The van der Waals surface area contributed by atoms with Crippen LogP contribution in [-0.4, -0.2) is 4.92 Å². The molecule has 0 bridgehead atoms. The van der Waals surface area contributed by atoms with Gasteiger partial charge in [0.15, 0.2) is 0 Å². The average molecular weight is 273 g/mol. The van der Waals surface area contributed by atoms with Gasteiger partial charge in [-0.15, -0.1) is 0 Å². The molecule has 0 atom stereocenters. The van der Waals surface area contributed by atoms with Crippen molar-refractivity contribution in [3.63, 3.8) is 0 Å². The van der Waals surface area contributed by atoms with E-state index in [0.717, 1.165) is 5.56 Å². The van der Waals surface area contributed by atoms with Gasteiger partial charge in [0, 0.05) is 6.07 Å². The maximum absolute atomic E-state index is 10.8. The third-order valence-electron chi connectivity index (χ3n) is 2.60. The van der Waals surface area contributed by atoms with Crippen LogP contribution in [-0.2, 0) is 6.61 Å². The SMILES string of the molecule is CC.Cc1ccc(OCc2ccccc2[N+](=O)[O-])cc1. The van der Waals surface area contributed by atoms with Gasteiger partial charge in [-0.1, -0.05) is 43.7 Å². The second-order valence-electron chi connectivity index (χ2n) is 3.99. The zero-order valence-electron chi connectivity index (χ0n) is 12.0. The number of hydrogen-bond acceptors (Lipinski definition) is 3. The first-order valence-electron chi connectivity index (χ1n) is 6.58. The maximum atomic E-state index is 10.8. The minimum Gasteiger partial charge on any atom is -0.489 e. The first-order valence-corrected chi connectivity index (χ1v) is 6.58. The van der Waals surface area contributed by atoms with Crippen LogP contribution >= 0.6 is 0 Å². The summed E-state index contributed by atoms with van der Waals surface area (Å²) in [6.45, 7) is 6.19. The number of nitro benzene ring substituents is 1. The Morgan fingerprint density at radius 1 is 1.05 bits per heavy atom. The van der Waals surface area contributed by atoms with Crippen molar-refractivity contribution in [2.45, 2.75) is 27.4 Å². The van der Waals surface area contributed by atoms with Crippen LogP contribution < -0.4 is 4.74 Å². The maximum Gasteiger partial charge on any atom is 0.276 e.